The Balaban J connectivity index is 2.07. The number of amides is 1. The summed E-state index contributed by atoms with van der Waals surface area (Å²) in [6, 6.07) is 2.28. The molecule has 0 N–H and O–H groups in total. The summed E-state index contributed by atoms with van der Waals surface area (Å²) in [5, 5.41) is 0. The van der Waals surface area contributed by atoms with Crippen molar-refractivity contribution in [2.24, 2.45) is 0 Å². The first kappa shape index (κ1) is 19.3. The van der Waals surface area contributed by atoms with Gasteiger partial charge in [-0.3, -0.25) is 0 Å². The van der Waals surface area contributed by atoms with Crippen LogP contribution in [0.3, 0.4) is 0 Å². The van der Waals surface area contributed by atoms with Crippen LogP contribution in [0.4, 0.5) is 4.79 Å². The molecule has 0 saturated carbocycles. The molecule has 24 heavy (non-hydrogen) atoms. The molecule has 0 aliphatic carbocycles. The van der Waals surface area contributed by atoms with E-state index < -0.39 is 5.60 Å². The SMILES string of the molecule is COC[C@@H]1C[C@H]([As]c2ncc(C)cc2C)CN1C(=O)OC(C)(C)C. The number of methoxy groups -OCH3 is 1. The molecule has 1 amide bonds. The summed E-state index contributed by atoms with van der Waals surface area (Å²) in [7, 11) is 1.68. The molecule has 1 saturated heterocycles. The van der Waals surface area contributed by atoms with Gasteiger partial charge in [-0.2, -0.15) is 0 Å². The first-order valence-corrected chi connectivity index (χ1v) is 10.3. The molecular weight excluding hydrogens is 367 g/mol. The van der Waals surface area contributed by atoms with Crippen LogP contribution in [0.15, 0.2) is 12.3 Å². The number of aryl methyl sites for hydroxylation is 2. The van der Waals surface area contributed by atoms with Gasteiger partial charge in [-0.1, -0.05) is 0 Å². The third kappa shape index (κ3) is 5.22. The molecule has 0 aromatic carbocycles. The van der Waals surface area contributed by atoms with Crippen LogP contribution in [0, 0.1) is 13.8 Å². The molecule has 1 radical (unpaired) electrons. The van der Waals surface area contributed by atoms with Crippen molar-refractivity contribution in [2.45, 2.75) is 57.4 Å². The Morgan fingerprint density at radius 3 is 2.71 bits per heavy atom. The molecule has 1 aromatic rings. The summed E-state index contributed by atoms with van der Waals surface area (Å²) in [6.07, 6.45) is 2.66. The maximum absolute atomic E-state index is 12.5. The van der Waals surface area contributed by atoms with E-state index in [1.54, 1.807) is 7.11 Å². The second kappa shape index (κ2) is 7.88. The summed E-state index contributed by atoms with van der Waals surface area (Å²) >= 11 is -0.0853. The Kier molecular flexibility index (Phi) is 6.32. The molecule has 1 aliphatic rings. The van der Waals surface area contributed by atoms with Gasteiger partial charge in [0.15, 0.2) is 0 Å². The van der Waals surface area contributed by atoms with E-state index in [4.69, 9.17) is 9.47 Å². The fraction of sp³-hybridized carbons (Fsp3) is 0.667. The summed E-state index contributed by atoms with van der Waals surface area (Å²) in [6.45, 7) is 11.2. The number of pyridine rings is 1. The third-order valence-electron chi connectivity index (χ3n) is 3.87. The van der Waals surface area contributed by atoms with Crippen molar-refractivity contribution in [1.29, 1.82) is 0 Å². The summed E-state index contributed by atoms with van der Waals surface area (Å²) in [4.78, 5) is 19.0. The van der Waals surface area contributed by atoms with Gasteiger partial charge in [-0.15, -0.1) is 0 Å². The molecule has 0 bridgehead atoms. The molecular formula is C18H28AsN2O3. The Bertz CT molecular complexity index is 586. The standard InChI is InChI=1S/C18H28AsN2O3/c1-12-7-13(2)16(20-9-12)19-14-8-15(11-23-6)21(10-14)17(22)24-18(3,4)5/h7,9,14-15H,8,10-11H2,1-6H3/t14-,15-/m0/s1. The topological polar surface area (TPSA) is 51.7 Å². The minimum absolute atomic E-state index is 0.0853. The summed E-state index contributed by atoms with van der Waals surface area (Å²) in [5.41, 5.74) is 1.97. The Morgan fingerprint density at radius 1 is 1.42 bits per heavy atom. The van der Waals surface area contributed by atoms with Gasteiger partial charge in [0.25, 0.3) is 0 Å². The van der Waals surface area contributed by atoms with Crippen molar-refractivity contribution in [1.82, 2.24) is 9.88 Å². The van der Waals surface area contributed by atoms with Gasteiger partial charge < -0.3 is 0 Å². The predicted octanol–water partition coefficient (Wildman–Crippen LogP) is 2.47. The zero-order valence-corrected chi connectivity index (χ0v) is 17.4. The average Bonchev–Trinajstić information content (AvgIpc) is 2.83. The first-order valence-electron chi connectivity index (χ1n) is 8.32. The minimum atomic E-state index is -0.477. The van der Waals surface area contributed by atoms with Crippen molar-refractivity contribution < 1.29 is 14.3 Å². The van der Waals surface area contributed by atoms with Crippen molar-refractivity contribution in [3.8, 4) is 0 Å². The van der Waals surface area contributed by atoms with Crippen LogP contribution in [0.5, 0.6) is 0 Å². The number of carbonyl (C=O) groups is 1. The molecule has 1 fully saturated rings. The van der Waals surface area contributed by atoms with Crippen LogP contribution in [-0.4, -0.2) is 63.6 Å². The van der Waals surface area contributed by atoms with Gasteiger partial charge in [0.2, 0.25) is 0 Å². The first-order chi connectivity index (χ1) is 11.2. The number of rotatable bonds is 4. The molecule has 133 valence electrons. The van der Waals surface area contributed by atoms with E-state index in [9.17, 15) is 4.79 Å². The van der Waals surface area contributed by atoms with Crippen LogP contribution in [-0.2, 0) is 9.47 Å². The van der Waals surface area contributed by atoms with Gasteiger partial charge in [-0.25, -0.2) is 0 Å². The van der Waals surface area contributed by atoms with Crippen molar-refractivity contribution >= 4 is 26.3 Å². The van der Waals surface area contributed by atoms with E-state index in [-0.39, 0.29) is 27.9 Å². The third-order valence-corrected chi connectivity index (χ3v) is 6.92. The molecule has 6 heteroatoms. The normalized spacial score (nSPS) is 21.7. The Morgan fingerprint density at radius 2 is 2.12 bits per heavy atom. The second-order valence-electron chi connectivity index (χ2n) is 7.41. The van der Waals surface area contributed by atoms with E-state index in [1.165, 1.54) is 15.6 Å². The number of hydrogen-bond donors (Lipinski definition) is 0. The summed E-state index contributed by atoms with van der Waals surface area (Å²) in [5.74, 6) is 0. The second-order valence-corrected chi connectivity index (χ2v) is 10.4. The average molecular weight is 395 g/mol. The Hall–Kier alpha value is -1.06. The molecule has 2 rings (SSSR count). The van der Waals surface area contributed by atoms with Crippen LogP contribution < -0.4 is 4.48 Å². The van der Waals surface area contributed by atoms with E-state index in [2.05, 4.69) is 24.9 Å². The van der Waals surface area contributed by atoms with E-state index in [1.807, 2.05) is 31.9 Å². The maximum atomic E-state index is 12.5. The number of hydrogen-bond acceptors (Lipinski definition) is 4. The fourth-order valence-corrected chi connectivity index (χ4v) is 5.72. The van der Waals surface area contributed by atoms with Gasteiger partial charge in [0.05, 0.1) is 0 Å². The van der Waals surface area contributed by atoms with Crippen LogP contribution in [0.25, 0.3) is 0 Å². The van der Waals surface area contributed by atoms with E-state index in [0.29, 0.717) is 11.3 Å². The van der Waals surface area contributed by atoms with Crippen LogP contribution in [0.1, 0.15) is 38.3 Å². The van der Waals surface area contributed by atoms with E-state index in [0.717, 1.165) is 13.0 Å². The van der Waals surface area contributed by atoms with Gasteiger partial charge >= 0.3 is 152 Å². The molecule has 0 unspecified atom stereocenters. The number of nitrogens with zero attached hydrogens (tertiary/aromatic N) is 2. The summed E-state index contributed by atoms with van der Waals surface area (Å²) < 4.78 is 12.6. The number of ether oxygens (including phenoxy) is 2. The molecule has 2 atom stereocenters. The molecule has 1 aromatic heterocycles. The van der Waals surface area contributed by atoms with E-state index >= 15 is 0 Å². The van der Waals surface area contributed by atoms with Crippen molar-refractivity contribution in [2.75, 3.05) is 20.3 Å². The molecule has 0 spiro atoms. The zero-order chi connectivity index (χ0) is 17.9. The quantitative estimate of drug-likeness (QED) is 0.735. The van der Waals surface area contributed by atoms with Gasteiger partial charge in [0, 0.05) is 0 Å². The molecule has 2 heterocycles. The fourth-order valence-electron chi connectivity index (χ4n) is 2.90. The number of aromatic nitrogens is 1. The Labute approximate surface area is 151 Å². The molecule has 5 nitrogen and oxygen atoms in total. The number of carbonyl (C=O) groups excluding carboxylic acids is 1. The van der Waals surface area contributed by atoms with Crippen LogP contribution in [0.2, 0.25) is 4.71 Å². The number of likely N-dealkylation sites (tertiary alicyclic amines) is 1. The van der Waals surface area contributed by atoms with Crippen LogP contribution >= 0.6 is 0 Å². The monoisotopic (exact) mass is 395 g/mol. The molecule has 1 aliphatic heterocycles. The van der Waals surface area contributed by atoms with Crippen molar-refractivity contribution in [3.05, 3.63) is 23.4 Å². The zero-order valence-electron chi connectivity index (χ0n) is 15.5. The van der Waals surface area contributed by atoms with Crippen molar-refractivity contribution in [3.63, 3.8) is 0 Å². The van der Waals surface area contributed by atoms with Gasteiger partial charge in [-0.05, 0) is 0 Å². The van der Waals surface area contributed by atoms with Gasteiger partial charge in [0.1, 0.15) is 0 Å². The predicted molar refractivity (Wildman–Crippen MR) is 96.1 cm³/mol.